The molecule has 3 rings (SSSR count). The first-order valence-corrected chi connectivity index (χ1v) is 7.49. The van der Waals surface area contributed by atoms with E-state index in [0.29, 0.717) is 12.4 Å². The highest BCUT2D eigenvalue weighted by molar-refractivity contribution is 7.89. The molecule has 7 heteroatoms. The van der Waals surface area contributed by atoms with Crippen LogP contribution in [0.4, 0.5) is 5.69 Å². The van der Waals surface area contributed by atoms with Crippen molar-refractivity contribution in [2.24, 2.45) is 5.14 Å². The third kappa shape index (κ3) is 2.28. The molecule has 0 unspecified atom stereocenters. The Morgan fingerprint density at radius 2 is 1.95 bits per heavy atom. The van der Waals surface area contributed by atoms with Gasteiger partial charge in [-0.15, -0.1) is 0 Å². The van der Waals surface area contributed by atoms with Crippen molar-refractivity contribution in [3.8, 4) is 0 Å². The standard InChI is InChI=1S/C13H12N4O2S/c14-20(18,19)9-2-3-12-11(8-9)10(4-7-15-12)13-16-5-1-6-17-13/h1-6,8,15H,7H2,(H2,14,18,19). The molecular formula is C13H12N4O2S. The third-order valence-corrected chi connectivity index (χ3v) is 3.93. The van der Waals surface area contributed by atoms with E-state index in [0.717, 1.165) is 16.8 Å². The predicted molar refractivity (Wildman–Crippen MR) is 75.4 cm³/mol. The Bertz CT molecular complexity index is 785. The molecule has 0 spiro atoms. The number of fused-ring (bicyclic) bond motifs is 1. The lowest BCUT2D eigenvalue weighted by Crippen LogP contribution is -2.15. The summed E-state index contributed by atoms with van der Waals surface area (Å²) in [6, 6.07) is 6.45. The summed E-state index contributed by atoms with van der Waals surface area (Å²) in [5.74, 6) is 0.557. The van der Waals surface area contributed by atoms with Gasteiger partial charge in [0.2, 0.25) is 10.0 Å². The van der Waals surface area contributed by atoms with Crippen LogP contribution in [0.1, 0.15) is 11.4 Å². The van der Waals surface area contributed by atoms with Crippen molar-refractivity contribution in [1.82, 2.24) is 9.97 Å². The van der Waals surface area contributed by atoms with Crippen molar-refractivity contribution in [3.05, 3.63) is 54.1 Å². The normalized spacial score (nSPS) is 14.2. The van der Waals surface area contributed by atoms with Gasteiger partial charge in [-0.2, -0.15) is 0 Å². The van der Waals surface area contributed by atoms with Crippen molar-refractivity contribution >= 4 is 21.3 Å². The molecule has 3 N–H and O–H groups in total. The van der Waals surface area contributed by atoms with Crippen LogP contribution in [0.3, 0.4) is 0 Å². The first kappa shape index (κ1) is 12.8. The number of nitrogens with zero attached hydrogens (tertiary/aromatic N) is 2. The summed E-state index contributed by atoms with van der Waals surface area (Å²) in [6.45, 7) is 0.634. The average Bonchev–Trinajstić information content (AvgIpc) is 2.46. The largest absolute Gasteiger partial charge is 0.381 e. The van der Waals surface area contributed by atoms with E-state index in [1.165, 1.54) is 6.07 Å². The minimum atomic E-state index is -3.74. The maximum Gasteiger partial charge on any atom is 0.238 e. The molecule has 1 aliphatic heterocycles. The Hall–Kier alpha value is -2.25. The van der Waals surface area contributed by atoms with Crippen LogP contribution < -0.4 is 10.5 Å². The molecule has 20 heavy (non-hydrogen) atoms. The van der Waals surface area contributed by atoms with Gasteiger partial charge in [-0.25, -0.2) is 23.5 Å². The minimum Gasteiger partial charge on any atom is -0.381 e. The maximum absolute atomic E-state index is 11.5. The van der Waals surface area contributed by atoms with E-state index < -0.39 is 10.0 Å². The van der Waals surface area contributed by atoms with Crippen molar-refractivity contribution in [2.45, 2.75) is 4.90 Å². The Morgan fingerprint density at radius 3 is 2.65 bits per heavy atom. The Balaban J connectivity index is 2.17. The van der Waals surface area contributed by atoms with Crippen LogP contribution in [-0.4, -0.2) is 24.9 Å². The summed E-state index contributed by atoms with van der Waals surface area (Å²) < 4.78 is 22.9. The highest BCUT2D eigenvalue weighted by Gasteiger charge is 2.18. The number of primary sulfonamides is 1. The van der Waals surface area contributed by atoms with Gasteiger partial charge >= 0.3 is 0 Å². The van der Waals surface area contributed by atoms with Gasteiger partial charge in [0.1, 0.15) is 0 Å². The average molecular weight is 288 g/mol. The highest BCUT2D eigenvalue weighted by Crippen LogP contribution is 2.32. The summed E-state index contributed by atoms with van der Waals surface area (Å²) in [6.07, 6.45) is 5.22. The van der Waals surface area contributed by atoms with Crippen LogP contribution in [0, 0.1) is 0 Å². The molecule has 0 saturated carbocycles. The van der Waals surface area contributed by atoms with Gasteiger partial charge in [0.25, 0.3) is 0 Å². The summed E-state index contributed by atoms with van der Waals surface area (Å²) >= 11 is 0. The van der Waals surface area contributed by atoms with E-state index in [9.17, 15) is 8.42 Å². The van der Waals surface area contributed by atoms with E-state index in [2.05, 4.69) is 15.3 Å². The van der Waals surface area contributed by atoms with Gasteiger partial charge < -0.3 is 5.32 Å². The van der Waals surface area contributed by atoms with Crippen molar-refractivity contribution < 1.29 is 8.42 Å². The number of nitrogens with two attached hydrogens (primary N) is 1. The van der Waals surface area contributed by atoms with Gasteiger partial charge in [-0.05, 0) is 24.3 Å². The number of hydrogen-bond donors (Lipinski definition) is 2. The summed E-state index contributed by atoms with van der Waals surface area (Å²) in [4.78, 5) is 8.48. The second kappa shape index (κ2) is 4.69. The number of nitrogens with one attached hydrogen (secondary N) is 1. The monoisotopic (exact) mass is 288 g/mol. The van der Waals surface area contributed by atoms with E-state index in [1.54, 1.807) is 30.6 Å². The molecule has 0 bridgehead atoms. The van der Waals surface area contributed by atoms with Crippen LogP contribution in [-0.2, 0) is 10.0 Å². The Labute approximate surface area is 116 Å². The molecule has 0 radical (unpaired) electrons. The molecule has 2 aromatic rings. The van der Waals surface area contributed by atoms with Crippen molar-refractivity contribution in [3.63, 3.8) is 0 Å². The smallest absolute Gasteiger partial charge is 0.238 e. The third-order valence-electron chi connectivity index (χ3n) is 3.02. The quantitative estimate of drug-likeness (QED) is 0.858. The van der Waals surface area contributed by atoms with Crippen molar-refractivity contribution in [1.29, 1.82) is 0 Å². The Morgan fingerprint density at radius 1 is 1.20 bits per heavy atom. The van der Waals surface area contributed by atoms with Crippen LogP contribution in [0.5, 0.6) is 0 Å². The first-order valence-electron chi connectivity index (χ1n) is 5.94. The highest BCUT2D eigenvalue weighted by atomic mass is 32.2. The molecule has 1 aliphatic rings. The number of hydrogen-bond acceptors (Lipinski definition) is 5. The molecular weight excluding hydrogens is 276 g/mol. The molecule has 0 saturated heterocycles. The lowest BCUT2D eigenvalue weighted by Gasteiger charge is -2.19. The Kier molecular flexibility index (Phi) is 3.00. The zero-order valence-electron chi connectivity index (χ0n) is 10.4. The second-order valence-electron chi connectivity index (χ2n) is 4.32. The van der Waals surface area contributed by atoms with Gasteiger partial charge in [0.05, 0.1) is 4.90 Å². The van der Waals surface area contributed by atoms with E-state index in [-0.39, 0.29) is 4.90 Å². The summed E-state index contributed by atoms with van der Waals surface area (Å²) in [5, 5.41) is 8.35. The molecule has 0 fully saturated rings. The number of anilines is 1. The molecule has 6 nitrogen and oxygen atoms in total. The minimum absolute atomic E-state index is 0.0711. The van der Waals surface area contributed by atoms with Crippen LogP contribution >= 0.6 is 0 Å². The molecule has 1 aromatic carbocycles. The fraction of sp³-hybridized carbons (Fsp3) is 0.0769. The fourth-order valence-corrected chi connectivity index (χ4v) is 2.64. The SMILES string of the molecule is NS(=O)(=O)c1ccc2c(c1)C(c1ncccn1)=CCN2. The van der Waals surface area contributed by atoms with E-state index in [4.69, 9.17) is 5.14 Å². The summed E-state index contributed by atoms with van der Waals surface area (Å²) in [5.41, 5.74) is 2.36. The maximum atomic E-state index is 11.5. The van der Waals surface area contributed by atoms with Crippen LogP contribution in [0.15, 0.2) is 47.6 Å². The van der Waals surface area contributed by atoms with Gasteiger partial charge in [-0.3, -0.25) is 0 Å². The fourth-order valence-electron chi connectivity index (χ4n) is 2.10. The van der Waals surface area contributed by atoms with Gasteiger partial charge in [-0.1, -0.05) is 6.08 Å². The number of rotatable bonds is 2. The van der Waals surface area contributed by atoms with Crippen molar-refractivity contribution in [2.75, 3.05) is 11.9 Å². The zero-order chi connectivity index (χ0) is 14.2. The van der Waals surface area contributed by atoms with Crippen LogP contribution in [0.25, 0.3) is 5.57 Å². The molecule has 0 amide bonds. The predicted octanol–water partition coefficient (Wildman–Crippen LogP) is 0.981. The first-order chi connectivity index (χ1) is 9.55. The van der Waals surface area contributed by atoms with Gasteiger partial charge in [0, 0.05) is 35.8 Å². The van der Waals surface area contributed by atoms with E-state index in [1.807, 2.05) is 6.08 Å². The lowest BCUT2D eigenvalue weighted by molar-refractivity contribution is 0.598. The molecule has 2 heterocycles. The molecule has 102 valence electrons. The topological polar surface area (TPSA) is 98.0 Å². The molecule has 0 atom stereocenters. The van der Waals surface area contributed by atoms with E-state index >= 15 is 0 Å². The number of sulfonamides is 1. The summed E-state index contributed by atoms with van der Waals surface area (Å²) in [7, 11) is -3.74. The van der Waals surface area contributed by atoms with Gasteiger partial charge in [0.15, 0.2) is 5.82 Å². The van der Waals surface area contributed by atoms with Crippen LogP contribution in [0.2, 0.25) is 0 Å². The molecule has 0 aliphatic carbocycles. The molecule has 1 aromatic heterocycles. The second-order valence-corrected chi connectivity index (χ2v) is 5.88. The zero-order valence-corrected chi connectivity index (χ0v) is 11.3. The lowest BCUT2D eigenvalue weighted by atomic mass is 10.00. The number of benzene rings is 1. The number of aromatic nitrogens is 2.